The number of hydrogen-bond donors (Lipinski definition) is 2. The van der Waals surface area contributed by atoms with Crippen LogP contribution in [0.3, 0.4) is 0 Å². The van der Waals surface area contributed by atoms with E-state index in [9.17, 15) is 17.6 Å². The van der Waals surface area contributed by atoms with Crippen LogP contribution in [0, 0.1) is 11.7 Å². The first-order valence-corrected chi connectivity index (χ1v) is 7.86. The number of carboxylic acid groups (broad SMARTS) is 1. The Balaban J connectivity index is 2.35. The Bertz CT molecular complexity index is 661. The summed E-state index contributed by atoms with van der Waals surface area (Å²) in [6.07, 6.45) is 1.25. The van der Waals surface area contributed by atoms with E-state index in [1.54, 1.807) is 0 Å². The number of halogens is 3. The van der Waals surface area contributed by atoms with Crippen molar-refractivity contribution in [3.63, 3.8) is 0 Å². The van der Waals surface area contributed by atoms with Crippen LogP contribution < -0.4 is 4.72 Å². The lowest BCUT2D eigenvalue weighted by Crippen LogP contribution is -2.42. The highest BCUT2D eigenvalue weighted by molar-refractivity contribution is 7.89. The van der Waals surface area contributed by atoms with E-state index in [-0.39, 0.29) is 10.9 Å². The molecule has 1 aliphatic carbocycles. The molecule has 0 spiro atoms. The van der Waals surface area contributed by atoms with Gasteiger partial charge in [0.25, 0.3) is 0 Å². The van der Waals surface area contributed by atoms with Gasteiger partial charge in [0, 0.05) is 0 Å². The van der Waals surface area contributed by atoms with Gasteiger partial charge in [-0.1, -0.05) is 23.2 Å². The molecule has 2 rings (SSSR count). The third-order valence-electron chi connectivity index (χ3n) is 2.93. The molecule has 0 aliphatic heterocycles. The molecule has 1 atom stereocenters. The van der Waals surface area contributed by atoms with E-state index in [4.69, 9.17) is 28.3 Å². The predicted octanol–water partition coefficient (Wildman–Crippen LogP) is 2.27. The lowest BCUT2D eigenvalue weighted by atomic mass is 10.2. The molecule has 0 radical (unpaired) electrons. The van der Waals surface area contributed by atoms with Crippen LogP contribution in [0.25, 0.3) is 0 Å². The van der Waals surface area contributed by atoms with Gasteiger partial charge < -0.3 is 5.11 Å². The highest BCUT2D eigenvalue weighted by atomic mass is 35.5. The number of hydrogen-bond acceptors (Lipinski definition) is 3. The topological polar surface area (TPSA) is 83.5 Å². The quantitative estimate of drug-likeness (QED) is 0.804. The normalized spacial score (nSPS) is 16.9. The third-order valence-corrected chi connectivity index (χ3v) is 5.19. The summed E-state index contributed by atoms with van der Waals surface area (Å²) in [4.78, 5) is 10.5. The van der Waals surface area contributed by atoms with Gasteiger partial charge in [0.15, 0.2) is 5.82 Å². The van der Waals surface area contributed by atoms with E-state index in [2.05, 4.69) is 0 Å². The summed E-state index contributed by atoms with van der Waals surface area (Å²) in [6, 6.07) is 0.835. The maximum Gasteiger partial charge on any atom is 0.322 e. The number of sulfonamides is 1. The average molecular weight is 342 g/mol. The van der Waals surface area contributed by atoms with Crippen LogP contribution in [-0.2, 0) is 14.8 Å². The lowest BCUT2D eigenvalue weighted by Gasteiger charge is -2.15. The smallest absolute Gasteiger partial charge is 0.322 e. The Hall–Kier alpha value is -0.890. The van der Waals surface area contributed by atoms with Crippen molar-refractivity contribution in [2.24, 2.45) is 5.92 Å². The van der Waals surface area contributed by atoms with Gasteiger partial charge in [0.05, 0.1) is 10.0 Å². The average Bonchev–Trinajstić information content (AvgIpc) is 3.16. The van der Waals surface area contributed by atoms with Gasteiger partial charge in [0.1, 0.15) is 10.9 Å². The lowest BCUT2D eigenvalue weighted by molar-refractivity contribution is -0.139. The molecule has 1 unspecified atom stereocenters. The van der Waals surface area contributed by atoms with E-state index in [0.717, 1.165) is 12.1 Å². The molecule has 0 heterocycles. The summed E-state index contributed by atoms with van der Waals surface area (Å²) in [7, 11) is -4.24. The molecular formula is C11H10Cl2FNO4S. The van der Waals surface area contributed by atoms with Crippen LogP contribution in [0.15, 0.2) is 17.0 Å². The van der Waals surface area contributed by atoms with Crippen LogP contribution in [0.5, 0.6) is 0 Å². The van der Waals surface area contributed by atoms with Crippen molar-refractivity contribution in [2.75, 3.05) is 0 Å². The highest BCUT2D eigenvalue weighted by Crippen LogP contribution is 2.34. The molecule has 0 saturated heterocycles. The summed E-state index contributed by atoms with van der Waals surface area (Å²) in [6.45, 7) is 0. The Morgan fingerprint density at radius 2 is 2.00 bits per heavy atom. The number of benzene rings is 1. The van der Waals surface area contributed by atoms with Gasteiger partial charge in [-0.25, -0.2) is 12.8 Å². The second-order valence-corrected chi connectivity index (χ2v) is 6.92. The zero-order valence-corrected chi connectivity index (χ0v) is 12.3. The molecule has 1 aromatic rings. The zero-order valence-electron chi connectivity index (χ0n) is 9.94. The van der Waals surface area contributed by atoms with Gasteiger partial charge >= 0.3 is 5.97 Å². The zero-order chi connectivity index (χ0) is 15.1. The highest BCUT2D eigenvalue weighted by Gasteiger charge is 2.39. The first kappa shape index (κ1) is 15.5. The molecule has 20 heavy (non-hydrogen) atoms. The predicted molar refractivity (Wildman–Crippen MR) is 70.9 cm³/mol. The standard InChI is InChI=1S/C11H10Cl2FNO4S/c12-6-3-4-7(8(13)9(6)14)20(18,19)15-10(11(16)17)5-1-2-5/h3-5,10,15H,1-2H2,(H,16,17). The van der Waals surface area contributed by atoms with E-state index in [0.29, 0.717) is 12.8 Å². The molecule has 1 fully saturated rings. The fourth-order valence-corrected chi connectivity index (χ4v) is 3.73. The monoisotopic (exact) mass is 341 g/mol. The van der Waals surface area contributed by atoms with Crippen molar-refractivity contribution >= 4 is 39.2 Å². The first-order chi connectivity index (χ1) is 9.24. The van der Waals surface area contributed by atoms with E-state index in [1.807, 2.05) is 4.72 Å². The van der Waals surface area contributed by atoms with Crippen molar-refractivity contribution in [1.82, 2.24) is 4.72 Å². The second-order valence-electron chi connectivity index (χ2n) is 4.45. The van der Waals surface area contributed by atoms with Crippen molar-refractivity contribution in [3.05, 3.63) is 28.0 Å². The molecule has 1 aromatic carbocycles. The molecule has 1 saturated carbocycles. The second kappa shape index (κ2) is 5.48. The van der Waals surface area contributed by atoms with Crippen LogP contribution >= 0.6 is 23.2 Å². The SMILES string of the molecule is O=C(O)C(NS(=O)(=O)c1ccc(Cl)c(F)c1Cl)C1CC1. The van der Waals surface area contributed by atoms with Crippen LogP contribution in [0.2, 0.25) is 10.0 Å². The summed E-state index contributed by atoms with van der Waals surface area (Å²) in [5.74, 6) is -2.59. The van der Waals surface area contributed by atoms with Gasteiger partial charge in [-0.15, -0.1) is 0 Å². The van der Waals surface area contributed by atoms with Crippen LogP contribution in [0.4, 0.5) is 4.39 Å². The molecule has 0 bridgehead atoms. The Labute approximate surface area is 124 Å². The molecule has 9 heteroatoms. The fraction of sp³-hybridized carbons (Fsp3) is 0.364. The molecular weight excluding hydrogens is 332 g/mol. The number of carbonyl (C=O) groups is 1. The van der Waals surface area contributed by atoms with E-state index < -0.39 is 37.8 Å². The van der Waals surface area contributed by atoms with Crippen molar-refractivity contribution < 1.29 is 22.7 Å². The van der Waals surface area contributed by atoms with Gasteiger partial charge in [0.2, 0.25) is 10.0 Å². The van der Waals surface area contributed by atoms with Gasteiger partial charge in [-0.2, -0.15) is 4.72 Å². The Kier molecular flexibility index (Phi) is 4.24. The van der Waals surface area contributed by atoms with Crippen molar-refractivity contribution in [3.8, 4) is 0 Å². The minimum absolute atomic E-state index is 0.252. The fourth-order valence-electron chi connectivity index (χ4n) is 1.72. The van der Waals surface area contributed by atoms with E-state index >= 15 is 0 Å². The number of rotatable bonds is 5. The summed E-state index contributed by atoms with van der Waals surface area (Å²) in [5.41, 5.74) is 0. The maximum atomic E-state index is 13.5. The summed E-state index contributed by atoms with van der Waals surface area (Å²) < 4.78 is 39.7. The maximum absolute atomic E-state index is 13.5. The number of carboxylic acids is 1. The third kappa shape index (κ3) is 3.06. The van der Waals surface area contributed by atoms with Crippen molar-refractivity contribution in [2.45, 2.75) is 23.8 Å². The molecule has 5 nitrogen and oxygen atoms in total. The molecule has 0 aromatic heterocycles. The molecule has 1 aliphatic rings. The van der Waals surface area contributed by atoms with Gasteiger partial charge in [-0.05, 0) is 30.9 Å². The van der Waals surface area contributed by atoms with Crippen LogP contribution in [0.1, 0.15) is 12.8 Å². The molecule has 0 amide bonds. The van der Waals surface area contributed by atoms with E-state index in [1.165, 1.54) is 0 Å². The molecule has 110 valence electrons. The Morgan fingerprint density at radius 1 is 1.40 bits per heavy atom. The summed E-state index contributed by atoms with van der Waals surface area (Å²) in [5, 5.41) is 8.03. The number of nitrogens with one attached hydrogen (secondary N) is 1. The van der Waals surface area contributed by atoms with Crippen LogP contribution in [-0.4, -0.2) is 25.5 Å². The van der Waals surface area contributed by atoms with Gasteiger partial charge in [-0.3, -0.25) is 4.79 Å². The number of aliphatic carboxylic acids is 1. The minimum atomic E-state index is -4.24. The Morgan fingerprint density at radius 3 is 2.50 bits per heavy atom. The van der Waals surface area contributed by atoms with Crippen molar-refractivity contribution in [1.29, 1.82) is 0 Å². The largest absolute Gasteiger partial charge is 0.480 e. The molecule has 2 N–H and O–H groups in total. The minimum Gasteiger partial charge on any atom is -0.480 e. The summed E-state index contributed by atoms with van der Waals surface area (Å²) >= 11 is 11.1. The first-order valence-electron chi connectivity index (χ1n) is 5.62.